The van der Waals surface area contributed by atoms with E-state index < -0.39 is 0 Å². The van der Waals surface area contributed by atoms with Crippen LogP contribution in [0, 0.1) is 10.1 Å². The number of hydrogen-bond donors (Lipinski definition) is 1. The second-order valence-electron chi connectivity index (χ2n) is 4.18. The number of benzene rings is 1. The zero-order chi connectivity index (χ0) is 13.0. The highest BCUT2D eigenvalue weighted by Crippen LogP contribution is 2.27. The summed E-state index contributed by atoms with van der Waals surface area (Å²) in [5.41, 5.74) is 4.55. The van der Waals surface area contributed by atoms with Crippen LogP contribution in [0.3, 0.4) is 0 Å². The Labute approximate surface area is 105 Å². The summed E-state index contributed by atoms with van der Waals surface area (Å²) in [5, 5.41) is 14.7. The quantitative estimate of drug-likeness (QED) is 0.500. The molecule has 0 spiro atoms. The number of hydrogen-bond acceptors (Lipinski definition) is 5. The van der Waals surface area contributed by atoms with Gasteiger partial charge in [0.25, 0.3) is 5.69 Å². The van der Waals surface area contributed by atoms with Gasteiger partial charge in [-0.25, -0.2) is 0 Å². The maximum absolute atomic E-state index is 10.8. The molecule has 0 unspecified atom stereocenters. The molecule has 0 radical (unpaired) electrons. The van der Waals surface area contributed by atoms with Crippen LogP contribution in [0.25, 0.3) is 0 Å². The van der Waals surface area contributed by atoms with Crippen LogP contribution in [-0.4, -0.2) is 31.3 Å². The maximum atomic E-state index is 10.8. The van der Waals surface area contributed by atoms with Crippen molar-refractivity contribution in [2.75, 3.05) is 25.0 Å². The third kappa shape index (κ3) is 2.58. The number of nitrogens with one attached hydrogen (secondary N) is 1. The Kier molecular flexibility index (Phi) is 3.76. The van der Waals surface area contributed by atoms with Crippen molar-refractivity contribution in [1.29, 1.82) is 0 Å². The Hall–Kier alpha value is -2.11. The second-order valence-corrected chi connectivity index (χ2v) is 4.18. The molecule has 0 saturated carbocycles. The Balaban J connectivity index is 2.37. The molecule has 1 heterocycles. The van der Waals surface area contributed by atoms with Crippen LogP contribution in [0.15, 0.2) is 23.3 Å². The van der Waals surface area contributed by atoms with E-state index in [1.807, 2.05) is 0 Å². The van der Waals surface area contributed by atoms with Crippen molar-refractivity contribution in [1.82, 2.24) is 5.43 Å². The molecule has 0 aromatic heterocycles. The van der Waals surface area contributed by atoms with Crippen LogP contribution in [0.5, 0.6) is 0 Å². The number of anilines is 1. The lowest BCUT2D eigenvalue weighted by Gasteiger charge is -2.19. The van der Waals surface area contributed by atoms with Crippen LogP contribution in [0.4, 0.5) is 11.4 Å². The zero-order valence-corrected chi connectivity index (χ0v) is 10.3. The van der Waals surface area contributed by atoms with E-state index in [9.17, 15) is 10.1 Å². The van der Waals surface area contributed by atoms with Gasteiger partial charge in [-0.05, 0) is 18.9 Å². The van der Waals surface area contributed by atoms with E-state index in [4.69, 9.17) is 0 Å². The number of non-ortho nitro benzene ring substituents is 1. The summed E-state index contributed by atoms with van der Waals surface area (Å²) in [6.45, 7) is 2.00. The van der Waals surface area contributed by atoms with Crippen LogP contribution in [-0.2, 0) is 0 Å². The summed E-state index contributed by atoms with van der Waals surface area (Å²) >= 11 is 0. The molecule has 1 aliphatic rings. The molecule has 1 aliphatic heterocycles. The van der Waals surface area contributed by atoms with E-state index in [-0.39, 0.29) is 10.6 Å². The van der Waals surface area contributed by atoms with E-state index in [2.05, 4.69) is 15.4 Å². The summed E-state index contributed by atoms with van der Waals surface area (Å²) in [5.74, 6) is 0. The summed E-state index contributed by atoms with van der Waals surface area (Å²) in [7, 11) is 1.70. The van der Waals surface area contributed by atoms with Crippen molar-refractivity contribution in [2.24, 2.45) is 5.10 Å². The Bertz CT molecular complexity index is 467. The molecule has 18 heavy (non-hydrogen) atoms. The molecule has 1 aromatic carbocycles. The van der Waals surface area contributed by atoms with E-state index in [0.717, 1.165) is 24.3 Å². The highest BCUT2D eigenvalue weighted by atomic mass is 16.6. The van der Waals surface area contributed by atoms with Crippen LogP contribution in [0.2, 0.25) is 0 Å². The number of hydrazone groups is 1. The predicted molar refractivity (Wildman–Crippen MR) is 71.2 cm³/mol. The van der Waals surface area contributed by atoms with E-state index >= 15 is 0 Å². The van der Waals surface area contributed by atoms with Gasteiger partial charge in [0.15, 0.2) is 0 Å². The van der Waals surface area contributed by atoms with Gasteiger partial charge in [-0.15, -0.1) is 0 Å². The summed E-state index contributed by atoms with van der Waals surface area (Å²) in [4.78, 5) is 12.6. The first kappa shape index (κ1) is 12.3. The first-order valence-electron chi connectivity index (χ1n) is 5.95. The Morgan fingerprint density at radius 3 is 2.78 bits per heavy atom. The van der Waals surface area contributed by atoms with Crippen molar-refractivity contribution in [2.45, 2.75) is 12.8 Å². The van der Waals surface area contributed by atoms with Gasteiger partial charge in [0, 0.05) is 43.5 Å². The van der Waals surface area contributed by atoms with Crippen LogP contribution >= 0.6 is 0 Å². The molecule has 0 bridgehead atoms. The van der Waals surface area contributed by atoms with E-state index in [1.54, 1.807) is 31.5 Å². The van der Waals surface area contributed by atoms with Crippen molar-refractivity contribution < 1.29 is 4.92 Å². The molecule has 1 aromatic rings. The van der Waals surface area contributed by atoms with Crippen molar-refractivity contribution >= 4 is 17.6 Å². The standard InChI is InChI=1S/C12H16N4O2/c1-13-14-9-10-8-11(16(17)18)4-5-12(10)15-6-2-3-7-15/h4-5,8-9,13H,2-3,6-7H2,1H3/b14-9+. The molecule has 1 fully saturated rings. The highest BCUT2D eigenvalue weighted by molar-refractivity contribution is 5.89. The van der Waals surface area contributed by atoms with Crippen molar-refractivity contribution in [3.8, 4) is 0 Å². The van der Waals surface area contributed by atoms with Gasteiger partial charge < -0.3 is 10.3 Å². The smallest absolute Gasteiger partial charge is 0.270 e. The summed E-state index contributed by atoms with van der Waals surface area (Å²) < 4.78 is 0. The van der Waals surface area contributed by atoms with Gasteiger partial charge in [0.1, 0.15) is 0 Å². The number of rotatable bonds is 4. The topological polar surface area (TPSA) is 70.8 Å². The van der Waals surface area contributed by atoms with Gasteiger partial charge in [0.2, 0.25) is 0 Å². The Morgan fingerprint density at radius 1 is 1.44 bits per heavy atom. The van der Waals surface area contributed by atoms with E-state index in [1.165, 1.54) is 12.8 Å². The molecule has 0 aliphatic carbocycles. The monoisotopic (exact) mass is 248 g/mol. The predicted octanol–water partition coefficient (Wildman–Crippen LogP) is 1.75. The highest BCUT2D eigenvalue weighted by Gasteiger charge is 2.17. The van der Waals surface area contributed by atoms with Gasteiger partial charge in [-0.1, -0.05) is 0 Å². The minimum absolute atomic E-state index is 0.0931. The van der Waals surface area contributed by atoms with Crippen molar-refractivity contribution in [3.05, 3.63) is 33.9 Å². The molecule has 2 rings (SSSR count). The summed E-state index contributed by atoms with van der Waals surface area (Å²) in [6, 6.07) is 4.92. The molecule has 0 amide bonds. The van der Waals surface area contributed by atoms with Gasteiger partial charge in [-0.2, -0.15) is 5.10 Å². The Morgan fingerprint density at radius 2 is 2.17 bits per heavy atom. The lowest BCUT2D eigenvalue weighted by molar-refractivity contribution is -0.384. The fourth-order valence-corrected chi connectivity index (χ4v) is 2.14. The SMILES string of the molecule is CN/N=C/c1cc([N+](=O)[O-])ccc1N1CCCC1. The zero-order valence-electron chi connectivity index (χ0n) is 10.3. The third-order valence-corrected chi connectivity index (χ3v) is 3.00. The lowest BCUT2D eigenvalue weighted by atomic mass is 10.1. The molecule has 6 heteroatoms. The number of nitro benzene ring substituents is 1. The average Bonchev–Trinajstić information content (AvgIpc) is 2.89. The number of nitro groups is 1. The lowest BCUT2D eigenvalue weighted by Crippen LogP contribution is -2.19. The fourth-order valence-electron chi connectivity index (χ4n) is 2.14. The maximum Gasteiger partial charge on any atom is 0.270 e. The molecular weight excluding hydrogens is 232 g/mol. The minimum Gasteiger partial charge on any atom is -0.371 e. The normalized spacial score (nSPS) is 15.3. The first-order valence-corrected chi connectivity index (χ1v) is 5.95. The molecular formula is C12H16N4O2. The van der Waals surface area contributed by atoms with Gasteiger partial charge in [-0.3, -0.25) is 10.1 Å². The first-order chi connectivity index (χ1) is 8.72. The molecule has 1 N–H and O–H groups in total. The molecule has 96 valence electrons. The third-order valence-electron chi connectivity index (χ3n) is 3.00. The van der Waals surface area contributed by atoms with Gasteiger partial charge >= 0.3 is 0 Å². The van der Waals surface area contributed by atoms with Crippen LogP contribution < -0.4 is 10.3 Å². The fraction of sp³-hybridized carbons (Fsp3) is 0.417. The molecule has 0 atom stereocenters. The van der Waals surface area contributed by atoms with E-state index in [0.29, 0.717) is 0 Å². The van der Waals surface area contributed by atoms with Crippen LogP contribution in [0.1, 0.15) is 18.4 Å². The van der Waals surface area contributed by atoms with Crippen molar-refractivity contribution in [3.63, 3.8) is 0 Å². The molecule has 6 nitrogen and oxygen atoms in total. The minimum atomic E-state index is -0.384. The van der Waals surface area contributed by atoms with Gasteiger partial charge in [0.05, 0.1) is 11.1 Å². The average molecular weight is 248 g/mol. The molecule has 1 saturated heterocycles. The number of nitrogens with zero attached hydrogens (tertiary/aromatic N) is 3. The second kappa shape index (κ2) is 5.48. The largest absolute Gasteiger partial charge is 0.371 e. The summed E-state index contributed by atoms with van der Waals surface area (Å²) in [6.07, 6.45) is 3.96.